The predicted molar refractivity (Wildman–Crippen MR) is 63.5 cm³/mol. The first kappa shape index (κ1) is 16.0. The standard InChI is InChI=1S/C13H13F3O4/c1-3-19-12(18)10-5-4-9(6-8(2)17)11(7-10)20-13(14,15)16/h4-5,7H,3,6H2,1-2H3. The Bertz CT molecular complexity index is 509. The molecule has 0 aromatic heterocycles. The number of ketones is 1. The number of hydrogen-bond acceptors (Lipinski definition) is 4. The summed E-state index contributed by atoms with van der Waals surface area (Å²) in [4.78, 5) is 22.5. The number of Topliss-reactive ketones (excluding diaryl/α,β-unsaturated/α-hetero) is 1. The molecule has 0 unspecified atom stereocenters. The third-order valence-corrected chi connectivity index (χ3v) is 2.24. The Morgan fingerprint density at radius 3 is 2.40 bits per heavy atom. The highest BCUT2D eigenvalue weighted by molar-refractivity contribution is 5.90. The maximum absolute atomic E-state index is 12.3. The van der Waals surface area contributed by atoms with Crippen molar-refractivity contribution < 1.29 is 32.2 Å². The number of esters is 1. The van der Waals surface area contributed by atoms with Crippen molar-refractivity contribution in [1.82, 2.24) is 0 Å². The Labute approximate surface area is 113 Å². The molecule has 0 saturated heterocycles. The number of ether oxygens (including phenoxy) is 2. The Balaban J connectivity index is 3.14. The van der Waals surface area contributed by atoms with Crippen LogP contribution >= 0.6 is 0 Å². The SMILES string of the molecule is CCOC(=O)c1ccc(CC(C)=O)c(OC(F)(F)F)c1. The van der Waals surface area contributed by atoms with Crippen molar-refractivity contribution in [1.29, 1.82) is 0 Å². The van der Waals surface area contributed by atoms with Gasteiger partial charge in [-0.05, 0) is 26.0 Å². The van der Waals surface area contributed by atoms with E-state index in [1.165, 1.54) is 19.1 Å². The molecule has 1 aromatic rings. The van der Waals surface area contributed by atoms with Crippen LogP contribution in [-0.2, 0) is 16.0 Å². The van der Waals surface area contributed by atoms with Crippen molar-refractivity contribution in [2.45, 2.75) is 26.6 Å². The summed E-state index contributed by atoms with van der Waals surface area (Å²) in [5.74, 6) is -1.65. The lowest BCUT2D eigenvalue weighted by Gasteiger charge is -2.13. The minimum atomic E-state index is -4.90. The average molecular weight is 290 g/mol. The molecule has 0 aliphatic heterocycles. The van der Waals surface area contributed by atoms with Gasteiger partial charge in [0.2, 0.25) is 0 Å². The van der Waals surface area contributed by atoms with E-state index >= 15 is 0 Å². The van der Waals surface area contributed by atoms with Crippen LogP contribution in [0.1, 0.15) is 29.8 Å². The van der Waals surface area contributed by atoms with Gasteiger partial charge in [-0.15, -0.1) is 13.2 Å². The summed E-state index contributed by atoms with van der Waals surface area (Å²) in [6, 6.07) is 3.46. The second kappa shape index (κ2) is 6.40. The molecule has 4 nitrogen and oxygen atoms in total. The van der Waals surface area contributed by atoms with Gasteiger partial charge in [0, 0.05) is 12.0 Å². The zero-order valence-corrected chi connectivity index (χ0v) is 10.9. The van der Waals surface area contributed by atoms with E-state index in [2.05, 4.69) is 4.74 Å². The van der Waals surface area contributed by atoms with Gasteiger partial charge in [-0.1, -0.05) is 6.07 Å². The van der Waals surface area contributed by atoms with Crippen molar-refractivity contribution in [3.8, 4) is 5.75 Å². The summed E-state index contributed by atoms with van der Waals surface area (Å²) >= 11 is 0. The van der Waals surface area contributed by atoms with Gasteiger partial charge in [0.1, 0.15) is 11.5 Å². The summed E-state index contributed by atoms with van der Waals surface area (Å²) in [5, 5.41) is 0. The molecule has 0 bridgehead atoms. The fourth-order valence-electron chi connectivity index (χ4n) is 1.53. The van der Waals surface area contributed by atoms with Crippen LogP contribution in [0.3, 0.4) is 0 Å². The van der Waals surface area contributed by atoms with E-state index in [9.17, 15) is 22.8 Å². The van der Waals surface area contributed by atoms with Crippen LogP contribution in [0.15, 0.2) is 18.2 Å². The van der Waals surface area contributed by atoms with Crippen LogP contribution < -0.4 is 4.74 Å². The lowest BCUT2D eigenvalue weighted by molar-refractivity contribution is -0.274. The summed E-state index contributed by atoms with van der Waals surface area (Å²) in [6.45, 7) is 2.93. The molecule has 0 radical (unpaired) electrons. The van der Waals surface area contributed by atoms with E-state index in [0.717, 1.165) is 6.07 Å². The Morgan fingerprint density at radius 1 is 1.25 bits per heavy atom. The molecule has 0 N–H and O–H groups in total. The average Bonchev–Trinajstić information content (AvgIpc) is 2.29. The Hall–Kier alpha value is -2.05. The zero-order chi connectivity index (χ0) is 15.3. The number of carbonyl (C=O) groups is 2. The topological polar surface area (TPSA) is 52.6 Å². The lowest BCUT2D eigenvalue weighted by atomic mass is 10.1. The van der Waals surface area contributed by atoms with E-state index < -0.39 is 18.1 Å². The maximum Gasteiger partial charge on any atom is 0.573 e. The van der Waals surface area contributed by atoms with Gasteiger partial charge in [-0.3, -0.25) is 4.79 Å². The summed E-state index contributed by atoms with van der Waals surface area (Å²) in [5.41, 5.74) is -0.0127. The molecule has 0 amide bonds. The highest BCUT2D eigenvalue weighted by Crippen LogP contribution is 2.28. The van der Waals surface area contributed by atoms with Gasteiger partial charge in [0.25, 0.3) is 0 Å². The fraction of sp³-hybridized carbons (Fsp3) is 0.385. The Kier molecular flexibility index (Phi) is 5.12. The monoisotopic (exact) mass is 290 g/mol. The van der Waals surface area contributed by atoms with Crippen molar-refractivity contribution >= 4 is 11.8 Å². The van der Waals surface area contributed by atoms with E-state index in [1.54, 1.807) is 6.92 Å². The molecular weight excluding hydrogens is 277 g/mol. The molecule has 0 fully saturated rings. The summed E-state index contributed by atoms with van der Waals surface area (Å²) in [7, 11) is 0. The molecule has 1 rings (SSSR count). The first-order chi connectivity index (χ1) is 9.23. The Morgan fingerprint density at radius 2 is 1.90 bits per heavy atom. The van der Waals surface area contributed by atoms with Gasteiger partial charge >= 0.3 is 12.3 Å². The number of benzene rings is 1. The molecule has 0 spiro atoms. The third kappa shape index (κ3) is 4.91. The van der Waals surface area contributed by atoms with Crippen molar-refractivity contribution in [3.05, 3.63) is 29.3 Å². The van der Waals surface area contributed by atoms with Crippen LogP contribution in [0.5, 0.6) is 5.75 Å². The van der Waals surface area contributed by atoms with Crippen LogP contribution in [0.2, 0.25) is 0 Å². The molecular formula is C13H13F3O4. The van der Waals surface area contributed by atoms with Crippen LogP contribution in [-0.4, -0.2) is 24.7 Å². The van der Waals surface area contributed by atoms with Gasteiger partial charge in [-0.2, -0.15) is 0 Å². The van der Waals surface area contributed by atoms with Gasteiger partial charge in [0.15, 0.2) is 0 Å². The van der Waals surface area contributed by atoms with Crippen LogP contribution in [0.25, 0.3) is 0 Å². The highest BCUT2D eigenvalue weighted by Gasteiger charge is 2.32. The van der Waals surface area contributed by atoms with Gasteiger partial charge < -0.3 is 9.47 Å². The molecule has 0 aliphatic carbocycles. The highest BCUT2D eigenvalue weighted by atomic mass is 19.4. The van der Waals surface area contributed by atoms with Crippen LogP contribution in [0.4, 0.5) is 13.2 Å². The maximum atomic E-state index is 12.3. The van der Waals surface area contributed by atoms with Gasteiger partial charge in [0.05, 0.1) is 12.2 Å². The number of alkyl halides is 3. The fourth-order valence-corrected chi connectivity index (χ4v) is 1.53. The number of rotatable bonds is 5. The first-order valence-corrected chi connectivity index (χ1v) is 5.78. The minimum absolute atomic E-state index is 0.0582. The number of carbonyl (C=O) groups excluding carboxylic acids is 2. The van der Waals surface area contributed by atoms with E-state index in [-0.39, 0.29) is 29.9 Å². The van der Waals surface area contributed by atoms with Crippen molar-refractivity contribution in [2.75, 3.05) is 6.61 Å². The van der Waals surface area contributed by atoms with E-state index in [4.69, 9.17) is 4.74 Å². The first-order valence-electron chi connectivity index (χ1n) is 5.78. The second-order valence-electron chi connectivity index (χ2n) is 3.97. The van der Waals surface area contributed by atoms with Gasteiger partial charge in [-0.25, -0.2) is 4.79 Å². The smallest absolute Gasteiger partial charge is 0.462 e. The quantitative estimate of drug-likeness (QED) is 0.782. The van der Waals surface area contributed by atoms with E-state index in [1.807, 2.05) is 0 Å². The second-order valence-corrected chi connectivity index (χ2v) is 3.97. The molecule has 0 saturated carbocycles. The molecule has 0 aliphatic rings. The third-order valence-electron chi connectivity index (χ3n) is 2.24. The molecule has 0 atom stereocenters. The van der Waals surface area contributed by atoms with E-state index in [0.29, 0.717) is 0 Å². The van der Waals surface area contributed by atoms with Crippen molar-refractivity contribution in [2.24, 2.45) is 0 Å². The molecule has 110 valence electrons. The summed E-state index contributed by atoms with van der Waals surface area (Å²) < 4.78 is 45.5. The predicted octanol–water partition coefficient (Wildman–Crippen LogP) is 2.89. The molecule has 7 heteroatoms. The largest absolute Gasteiger partial charge is 0.573 e. The zero-order valence-electron chi connectivity index (χ0n) is 10.9. The normalized spacial score (nSPS) is 11.1. The molecule has 0 heterocycles. The lowest BCUT2D eigenvalue weighted by Crippen LogP contribution is -2.19. The molecule has 20 heavy (non-hydrogen) atoms. The van der Waals surface area contributed by atoms with Crippen molar-refractivity contribution in [3.63, 3.8) is 0 Å². The number of halogens is 3. The number of hydrogen-bond donors (Lipinski definition) is 0. The summed E-state index contributed by atoms with van der Waals surface area (Å²) in [6.07, 6.45) is -5.12. The molecule has 1 aromatic carbocycles. The minimum Gasteiger partial charge on any atom is -0.462 e. The van der Waals surface area contributed by atoms with Crippen LogP contribution in [0, 0.1) is 0 Å².